The SMILES string of the molecule is C=CC=C.Clc1ccc2nc(-c3cccc4ccccc34)[nH]c2c1. The molecule has 0 unspecified atom stereocenters. The summed E-state index contributed by atoms with van der Waals surface area (Å²) in [6, 6.07) is 20.3. The van der Waals surface area contributed by atoms with Gasteiger partial charge in [-0.2, -0.15) is 0 Å². The van der Waals surface area contributed by atoms with E-state index in [0.717, 1.165) is 22.4 Å². The molecule has 0 aliphatic heterocycles. The van der Waals surface area contributed by atoms with Gasteiger partial charge < -0.3 is 4.98 Å². The molecule has 0 amide bonds. The summed E-state index contributed by atoms with van der Waals surface area (Å²) >= 11 is 6.02. The number of halogens is 1. The third-order valence-corrected chi connectivity index (χ3v) is 3.89. The number of rotatable bonds is 2. The number of allylic oxidation sites excluding steroid dienone is 2. The molecule has 0 bridgehead atoms. The first-order valence-electron chi connectivity index (χ1n) is 7.60. The molecule has 3 heteroatoms. The van der Waals surface area contributed by atoms with Crippen LogP contribution in [0.15, 0.2) is 86.0 Å². The number of hydrogen-bond acceptors (Lipinski definition) is 1. The minimum atomic E-state index is 0.714. The molecule has 0 fully saturated rings. The smallest absolute Gasteiger partial charge is 0.139 e. The monoisotopic (exact) mass is 332 g/mol. The second-order valence-corrected chi connectivity index (χ2v) is 5.68. The third kappa shape index (κ3) is 3.24. The second kappa shape index (κ2) is 7.16. The minimum Gasteiger partial charge on any atom is -0.338 e. The highest BCUT2D eigenvalue weighted by Crippen LogP contribution is 2.28. The topological polar surface area (TPSA) is 28.7 Å². The summed E-state index contributed by atoms with van der Waals surface area (Å²) in [5, 5.41) is 3.12. The van der Waals surface area contributed by atoms with E-state index in [4.69, 9.17) is 11.6 Å². The van der Waals surface area contributed by atoms with Crippen LogP contribution in [-0.4, -0.2) is 9.97 Å². The first-order valence-corrected chi connectivity index (χ1v) is 7.97. The molecule has 1 aromatic heterocycles. The number of H-pyrrole nitrogens is 1. The number of hydrogen-bond donors (Lipinski definition) is 1. The Bertz CT molecular complexity index is 1000. The Labute approximate surface area is 146 Å². The van der Waals surface area contributed by atoms with Gasteiger partial charge >= 0.3 is 0 Å². The fraction of sp³-hybridized carbons (Fsp3) is 0. The van der Waals surface area contributed by atoms with Crippen LogP contribution in [0, 0.1) is 0 Å². The predicted octanol–water partition coefficient (Wildman–Crippen LogP) is 6.39. The Kier molecular flexibility index (Phi) is 4.78. The Hall–Kier alpha value is -2.84. The molecule has 3 aromatic carbocycles. The fourth-order valence-electron chi connectivity index (χ4n) is 2.54. The van der Waals surface area contributed by atoms with Gasteiger partial charge in [-0.05, 0) is 29.0 Å². The van der Waals surface area contributed by atoms with E-state index in [1.165, 1.54) is 10.8 Å². The summed E-state index contributed by atoms with van der Waals surface area (Å²) in [6.07, 6.45) is 3.28. The lowest BCUT2D eigenvalue weighted by atomic mass is 10.0. The molecule has 4 aromatic rings. The minimum absolute atomic E-state index is 0.714. The standard InChI is InChI=1S/C17H11ClN2.C4H6/c18-12-8-9-15-16(10-12)20-17(19-15)14-7-3-5-11-4-1-2-6-13(11)14;1-3-4-2/h1-10H,(H,19,20);3-4H,1-2H2. The molecular weight excluding hydrogens is 316 g/mol. The number of aromatic amines is 1. The number of nitrogens with one attached hydrogen (secondary N) is 1. The van der Waals surface area contributed by atoms with Crippen molar-refractivity contribution in [2.24, 2.45) is 0 Å². The zero-order valence-corrected chi connectivity index (χ0v) is 13.9. The van der Waals surface area contributed by atoms with E-state index in [1.807, 2.05) is 30.3 Å². The molecule has 0 aliphatic rings. The highest BCUT2D eigenvalue weighted by Gasteiger charge is 2.08. The van der Waals surface area contributed by atoms with E-state index in [1.54, 1.807) is 12.2 Å². The maximum absolute atomic E-state index is 6.02. The largest absolute Gasteiger partial charge is 0.338 e. The molecule has 1 N–H and O–H groups in total. The van der Waals surface area contributed by atoms with Crippen LogP contribution >= 0.6 is 11.6 Å². The highest BCUT2D eigenvalue weighted by atomic mass is 35.5. The molecule has 0 aliphatic carbocycles. The van der Waals surface area contributed by atoms with Crippen molar-refractivity contribution in [3.63, 3.8) is 0 Å². The Morgan fingerprint density at radius 1 is 0.917 bits per heavy atom. The van der Waals surface area contributed by atoms with Crippen LogP contribution in [0.5, 0.6) is 0 Å². The molecule has 24 heavy (non-hydrogen) atoms. The van der Waals surface area contributed by atoms with Crippen LogP contribution in [0.1, 0.15) is 0 Å². The summed E-state index contributed by atoms with van der Waals surface area (Å²) in [7, 11) is 0. The molecule has 118 valence electrons. The van der Waals surface area contributed by atoms with Crippen LogP contribution in [0.2, 0.25) is 5.02 Å². The van der Waals surface area contributed by atoms with Crippen LogP contribution in [-0.2, 0) is 0 Å². The zero-order chi connectivity index (χ0) is 16.9. The van der Waals surface area contributed by atoms with Gasteiger partial charge in [-0.15, -0.1) is 0 Å². The maximum Gasteiger partial charge on any atom is 0.139 e. The molecule has 0 spiro atoms. The summed E-state index contributed by atoms with van der Waals surface area (Å²) in [6.45, 7) is 6.72. The number of nitrogens with zero attached hydrogens (tertiary/aromatic N) is 1. The van der Waals surface area contributed by atoms with Crippen molar-refractivity contribution in [3.8, 4) is 11.4 Å². The van der Waals surface area contributed by atoms with E-state index in [2.05, 4.69) is 53.5 Å². The van der Waals surface area contributed by atoms with E-state index < -0.39 is 0 Å². The number of aromatic nitrogens is 2. The molecule has 0 saturated carbocycles. The summed E-state index contributed by atoms with van der Waals surface area (Å²) in [4.78, 5) is 8.01. The van der Waals surface area contributed by atoms with Gasteiger partial charge in [0.1, 0.15) is 5.82 Å². The number of fused-ring (bicyclic) bond motifs is 2. The van der Waals surface area contributed by atoms with Crippen LogP contribution in [0.4, 0.5) is 0 Å². The molecular formula is C21H17ClN2. The highest BCUT2D eigenvalue weighted by molar-refractivity contribution is 6.31. The van der Waals surface area contributed by atoms with Crippen molar-refractivity contribution in [2.75, 3.05) is 0 Å². The van der Waals surface area contributed by atoms with Crippen molar-refractivity contribution in [1.29, 1.82) is 0 Å². The summed E-state index contributed by atoms with van der Waals surface area (Å²) in [5.74, 6) is 0.874. The van der Waals surface area contributed by atoms with E-state index >= 15 is 0 Å². The molecule has 1 heterocycles. The van der Waals surface area contributed by atoms with Gasteiger partial charge in [0.2, 0.25) is 0 Å². The average Bonchev–Trinajstić information content (AvgIpc) is 3.04. The van der Waals surface area contributed by atoms with Crippen LogP contribution in [0.25, 0.3) is 33.2 Å². The Morgan fingerprint density at radius 2 is 1.67 bits per heavy atom. The zero-order valence-electron chi connectivity index (χ0n) is 13.2. The van der Waals surface area contributed by atoms with Gasteiger partial charge in [-0.25, -0.2) is 4.98 Å². The summed E-state index contributed by atoms with van der Waals surface area (Å²) < 4.78 is 0. The molecule has 0 saturated heterocycles. The average molecular weight is 333 g/mol. The van der Waals surface area contributed by atoms with Gasteiger partial charge in [0.15, 0.2) is 0 Å². The van der Waals surface area contributed by atoms with Crippen molar-refractivity contribution in [3.05, 3.63) is 91.0 Å². The van der Waals surface area contributed by atoms with Gasteiger partial charge in [0.05, 0.1) is 11.0 Å². The predicted molar refractivity (Wildman–Crippen MR) is 104 cm³/mol. The van der Waals surface area contributed by atoms with Gasteiger partial charge in [0.25, 0.3) is 0 Å². The van der Waals surface area contributed by atoms with E-state index in [-0.39, 0.29) is 0 Å². The lowest BCUT2D eigenvalue weighted by Gasteiger charge is -2.03. The number of benzene rings is 3. The Morgan fingerprint density at radius 3 is 2.46 bits per heavy atom. The first kappa shape index (κ1) is 16.0. The van der Waals surface area contributed by atoms with Crippen molar-refractivity contribution in [2.45, 2.75) is 0 Å². The number of imidazole rings is 1. The maximum atomic E-state index is 6.02. The molecule has 4 rings (SSSR count). The van der Waals surface area contributed by atoms with Gasteiger partial charge in [-0.1, -0.05) is 79.4 Å². The fourth-order valence-corrected chi connectivity index (χ4v) is 2.71. The van der Waals surface area contributed by atoms with Gasteiger partial charge in [0, 0.05) is 10.6 Å². The van der Waals surface area contributed by atoms with Crippen molar-refractivity contribution >= 4 is 33.4 Å². The molecule has 2 nitrogen and oxygen atoms in total. The second-order valence-electron chi connectivity index (χ2n) is 5.24. The van der Waals surface area contributed by atoms with Gasteiger partial charge in [-0.3, -0.25) is 0 Å². The lowest BCUT2D eigenvalue weighted by molar-refractivity contribution is 1.35. The third-order valence-electron chi connectivity index (χ3n) is 3.66. The van der Waals surface area contributed by atoms with Crippen LogP contribution < -0.4 is 0 Å². The Balaban J connectivity index is 0.000000383. The lowest BCUT2D eigenvalue weighted by Crippen LogP contribution is -1.82. The van der Waals surface area contributed by atoms with E-state index in [0.29, 0.717) is 5.02 Å². The first-order chi connectivity index (χ1) is 11.7. The van der Waals surface area contributed by atoms with Crippen molar-refractivity contribution < 1.29 is 0 Å². The normalized spacial score (nSPS) is 10.2. The molecule has 0 atom stereocenters. The quantitative estimate of drug-likeness (QED) is 0.423. The molecule has 0 radical (unpaired) electrons. The van der Waals surface area contributed by atoms with Crippen LogP contribution in [0.3, 0.4) is 0 Å². The summed E-state index contributed by atoms with van der Waals surface area (Å²) in [5.41, 5.74) is 2.99. The van der Waals surface area contributed by atoms with Crippen molar-refractivity contribution in [1.82, 2.24) is 9.97 Å². The van der Waals surface area contributed by atoms with E-state index in [9.17, 15) is 0 Å².